The van der Waals surface area contributed by atoms with Crippen LogP contribution in [0, 0.1) is 20.8 Å². The number of anilines is 2. The van der Waals surface area contributed by atoms with Gasteiger partial charge in [-0.1, -0.05) is 12.1 Å². The minimum atomic E-state index is 0.0146. The Labute approximate surface area is 140 Å². The van der Waals surface area contributed by atoms with Gasteiger partial charge >= 0.3 is 0 Å². The summed E-state index contributed by atoms with van der Waals surface area (Å²) in [5, 5.41) is 6.21. The van der Waals surface area contributed by atoms with Crippen LogP contribution in [-0.4, -0.2) is 12.5 Å². The molecule has 22 heavy (non-hydrogen) atoms. The zero-order valence-electron chi connectivity index (χ0n) is 13.2. The monoisotopic (exact) mass is 360 g/mol. The van der Waals surface area contributed by atoms with Gasteiger partial charge in [0.25, 0.3) is 0 Å². The SMILES string of the molecule is Cc1cc(C)cc(NC(=O)CCNc2ccc(C)cc2Br)c1. The lowest BCUT2D eigenvalue weighted by molar-refractivity contribution is -0.115. The number of carbonyl (C=O) groups is 1. The van der Waals surface area contributed by atoms with E-state index in [2.05, 4.69) is 38.7 Å². The van der Waals surface area contributed by atoms with Gasteiger partial charge in [0.15, 0.2) is 0 Å². The Morgan fingerprint density at radius 1 is 1.00 bits per heavy atom. The molecular weight excluding hydrogens is 340 g/mol. The average Bonchev–Trinajstić information content (AvgIpc) is 2.40. The van der Waals surface area contributed by atoms with Crippen LogP contribution in [0.5, 0.6) is 0 Å². The van der Waals surface area contributed by atoms with E-state index in [9.17, 15) is 4.79 Å². The van der Waals surface area contributed by atoms with Crippen molar-refractivity contribution < 1.29 is 4.79 Å². The molecule has 0 bridgehead atoms. The van der Waals surface area contributed by atoms with Crippen LogP contribution in [0.2, 0.25) is 0 Å². The fraction of sp³-hybridized carbons (Fsp3) is 0.278. The van der Waals surface area contributed by atoms with Crippen molar-refractivity contribution >= 4 is 33.2 Å². The first-order valence-corrected chi connectivity index (χ1v) is 8.11. The maximum atomic E-state index is 12.0. The van der Waals surface area contributed by atoms with Crippen molar-refractivity contribution in [1.82, 2.24) is 0 Å². The summed E-state index contributed by atoms with van der Waals surface area (Å²) < 4.78 is 1.02. The molecule has 2 aromatic carbocycles. The van der Waals surface area contributed by atoms with Crippen molar-refractivity contribution in [3.8, 4) is 0 Å². The van der Waals surface area contributed by atoms with Gasteiger partial charge in [-0.05, 0) is 77.7 Å². The number of nitrogens with one attached hydrogen (secondary N) is 2. The molecule has 2 rings (SSSR count). The molecule has 2 aromatic rings. The van der Waals surface area contributed by atoms with E-state index in [1.165, 1.54) is 5.56 Å². The number of carbonyl (C=O) groups excluding carboxylic acids is 1. The Kier molecular flexibility index (Phi) is 5.61. The maximum Gasteiger partial charge on any atom is 0.226 e. The molecule has 4 heteroatoms. The predicted octanol–water partition coefficient (Wildman–Crippen LogP) is 4.82. The second-order valence-electron chi connectivity index (χ2n) is 5.58. The summed E-state index contributed by atoms with van der Waals surface area (Å²) in [7, 11) is 0. The summed E-state index contributed by atoms with van der Waals surface area (Å²) in [6.07, 6.45) is 0.424. The molecule has 0 atom stereocenters. The van der Waals surface area contributed by atoms with Gasteiger partial charge in [0, 0.05) is 28.8 Å². The Morgan fingerprint density at radius 2 is 1.68 bits per heavy atom. The Balaban J connectivity index is 1.85. The highest BCUT2D eigenvalue weighted by atomic mass is 79.9. The predicted molar refractivity (Wildman–Crippen MR) is 96.5 cm³/mol. The number of rotatable bonds is 5. The van der Waals surface area contributed by atoms with Crippen LogP contribution in [0.1, 0.15) is 23.1 Å². The van der Waals surface area contributed by atoms with Crippen LogP contribution in [0.4, 0.5) is 11.4 Å². The Bertz CT molecular complexity index is 663. The molecular formula is C18H21BrN2O. The fourth-order valence-electron chi connectivity index (χ4n) is 2.34. The van der Waals surface area contributed by atoms with E-state index in [-0.39, 0.29) is 5.91 Å². The van der Waals surface area contributed by atoms with Crippen molar-refractivity contribution in [2.45, 2.75) is 27.2 Å². The first-order chi connectivity index (χ1) is 10.4. The topological polar surface area (TPSA) is 41.1 Å². The zero-order chi connectivity index (χ0) is 16.1. The number of amides is 1. The standard InChI is InChI=1S/C18H21BrN2O/c1-12-4-5-17(16(19)11-12)20-7-6-18(22)21-15-9-13(2)8-14(3)10-15/h4-5,8-11,20H,6-7H2,1-3H3,(H,21,22). The van der Waals surface area contributed by atoms with Crippen LogP contribution in [0.3, 0.4) is 0 Å². The third-order valence-electron chi connectivity index (χ3n) is 3.30. The van der Waals surface area contributed by atoms with E-state index in [0.717, 1.165) is 27.0 Å². The van der Waals surface area contributed by atoms with E-state index < -0.39 is 0 Å². The molecule has 0 aliphatic heterocycles. The number of hydrogen-bond donors (Lipinski definition) is 2. The zero-order valence-corrected chi connectivity index (χ0v) is 14.8. The van der Waals surface area contributed by atoms with Crippen LogP contribution in [0.15, 0.2) is 40.9 Å². The van der Waals surface area contributed by atoms with Crippen molar-refractivity contribution in [2.75, 3.05) is 17.2 Å². The molecule has 1 amide bonds. The summed E-state index contributed by atoms with van der Waals surface area (Å²) in [6, 6.07) is 12.2. The summed E-state index contributed by atoms with van der Waals surface area (Å²) in [5.74, 6) is 0.0146. The molecule has 0 fully saturated rings. The lowest BCUT2D eigenvalue weighted by Gasteiger charge is -2.10. The van der Waals surface area contributed by atoms with Crippen LogP contribution in [-0.2, 0) is 4.79 Å². The van der Waals surface area contributed by atoms with Crippen molar-refractivity contribution in [1.29, 1.82) is 0 Å². The van der Waals surface area contributed by atoms with Crippen molar-refractivity contribution in [3.05, 3.63) is 57.6 Å². The number of hydrogen-bond acceptors (Lipinski definition) is 2. The van der Waals surface area contributed by atoms with E-state index in [1.54, 1.807) is 0 Å². The smallest absolute Gasteiger partial charge is 0.226 e. The third kappa shape index (κ3) is 4.88. The molecule has 0 aliphatic rings. The van der Waals surface area contributed by atoms with Gasteiger partial charge in [0.2, 0.25) is 5.91 Å². The van der Waals surface area contributed by atoms with Gasteiger partial charge in [0.1, 0.15) is 0 Å². The molecule has 116 valence electrons. The highest BCUT2D eigenvalue weighted by molar-refractivity contribution is 9.10. The van der Waals surface area contributed by atoms with Gasteiger partial charge < -0.3 is 10.6 Å². The fourth-order valence-corrected chi connectivity index (χ4v) is 2.98. The second kappa shape index (κ2) is 7.45. The number of aryl methyl sites for hydroxylation is 3. The van der Waals surface area contributed by atoms with Crippen molar-refractivity contribution in [3.63, 3.8) is 0 Å². The van der Waals surface area contributed by atoms with Gasteiger partial charge in [-0.3, -0.25) is 4.79 Å². The summed E-state index contributed by atoms with van der Waals surface area (Å²) >= 11 is 3.52. The summed E-state index contributed by atoms with van der Waals surface area (Å²) in [5.41, 5.74) is 5.36. The van der Waals surface area contributed by atoms with E-state index >= 15 is 0 Å². The highest BCUT2D eigenvalue weighted by Gasteiger charge is 2.04. The Morgan fingerprint density at radius 3 is 2.32 bits per heavy atom. The third-order valence-corrected chi connectivity index (χ3v) is 3.95. The molecule has 0 heterocycles. The molecule has 3 nitrogen and oxygen atoms in total. The number of halogens is 1. The largest absolute Gasteiger partial charge is 0.384 e. The highest BCUT2D eigenvalue weighted by Crippen LogP contribution is 2.23. The molecule has 0 saturated heterocycles. The van der Waals surface area contributed by atoms with E-state index in [0.29, 0.717) is 13.0 Å². The molecule has 2 N–H and O–H groups in total. The first-order valence-electron chi connectivity index (χ1n) is 7.32. The van der Waals surface area contributed by atoms with Gasteiger partial charge in [-0.25, -0.2) is 0 Å². The van der Waals surface area contributed by atoms with Gasteiger partial charge in [-0.2, -0.15) is 0 Å². The molecule has 0 saturated carbocycles. The summed E-state index contributed by atoms with van der Waals surface area (Å²) in [6.45, 7) is 6.70. The minimum Gasteiger partial charge on any atom is -0.384 e. The molecule has 0 unspecified atom stereocenters. The Hall–Kier alpha value is -1.81. The first kappa shape index (κ1) is 16.6. The average molecular weight is 361 g/mol. The quantitative estimate of drug-likeness (QED) is 0.802. The second-order valence-corrected chi connectivity index (χ2v) is 6.44. The van der Waals surface area contributed by atoms with Gasteiger partial charge in [-0.15, -0.1) is 0 Å². The summed E-state index contributed by atoms with van der Waals surface area (Å²) in [4.78, 5) is 12.0. The van der Waals surface area contributed by atoms with E-state index in [1.807, 2.05) is 45.0 Å². The number of benzene rings is 2. The van der Waals surface area contributed by atoms with E-state index in [4.69, 9.17) is 0 Å². The van der Waals surface area contributed by atoms with Crippen LogP contribution in [0.25, 0.3) is 0 Å². The molecule has 0 spiro atoms. The molecule has 0 aliphatic carbocycles. The van der Waals surface area contributed by atoms with Gasteiger partial charge in [0.05, 0.1) is 0 Å². The molecule has 0 radical (unpaired) electrons. The normalized spacial score (nSPS) is 10.4. The lowest BCUT2D eigenvalue weighted by Crippen LogP contribution is -2.16. The lowest BCUT2D eigenvalue weighted by atomic mass is 10.1. The van der Waals surface area contributed by atoms with Crippen LogP contribution < -0.4 is 10.6 Å². The molecule has 0 aromatic heterocycles. The maximum absolute atomic E-state index is 12.0. The minimum absolute atomic E-state index is 0.0146. The van der Waals surface area contributed by atoms with Crippen molar-refractivity contribution in [2.24, 2.45) is 0 Å². The van der Waals surface area contributed by atoms with Crippen LogP contribution >= 0.6 is 15.9 Å².